The Morgan fingerprint density at radius 3 is 2.67 bits per heavy atom. The lowest BCUT2D eigenvalue weighted by molar-refractivity contribution is 0.397. The van der Waals surface area contributed by atoms with E-state index in [0.717, 1.165) is 25.0 Å². The van der Waals surface area contributed by atoms with Gasteiger partial charge in [-0.3, -0.25) is 4.99 Å². The summed E-state index contributed by atoms with van der Waals surface area (Å²) in [6.45, 7) is 10.9. The van der Waals surface area contributed by atoms with Crippen LogP contribution < -0.4 is 10.6 Å². The molecule has 0 spiro atoms. The van der Waals surface area contributed by atoms with E-state index in [2.05, 4.69) is 43.4 Å². The topological polar surface area (TPSA) is 39.7 Å². The normalized spacial score (nSPS) is 21.0. The Labute approximate surface area is 148 Å². The monoisotopic (exact) mass is 410 g/mol. The number of nitrogens with one attached hydrogen (secondary N) is 2. The van der Waals surface area contributed by atoms with Crippen molar-refractivity contribution in [3.05, 3.63) is 0 Å². The van der Waals surface area contributed by atoms with Crippen LogP contribution in [-0.4, -0.2) is 50.1 Å². The van der Waals surface area contributed by atoms with Crippen LogP contribution in [0.4, 0.5) is 0 Å². The molecule has 0 radical (unpaired) electrons. The van der Waals surface area contributed by atoms with Crippen molar-refractivity contribution in [3.8, 4) is 0 Å². The lowest BCUT2D eigenvalue weighted by atomic mass is 10.1. The van der Waals surface area contributed by atoms with Crippen LogP contribution in [0.2, 0.25) is 0 Å². The summed E-state index contributed by atoms with van der Waals surface area (Å²) in [5.74, 6) is 1.72. The largest absolute Gasteiger partial charge is 0.357 e. The third-order valence-electron chi connectivity index (χ3n) is 3.96. The molecule has 2 unspecified atom stereocenters. The van der Waals surface area contributed by atoms with Gasteiger partial charge in [0.15, 0.2) is 5.96 Å². The molecule has 0 aromatic carbocycles. The SMILES string of the molecule is CCCCCC(C)NC(=NCC1CCN(C)C1)NCC.I. The van der Waals surface area contributed by atoms with Crippen molar-refractivity contribution in [1.29, 1.82) is 0 Å². The van der Waals surface area contributed by atoms with Gasteiger partial charge in [0, 0.05) is 25.7 Å². The lowest BCUT2D eigenvalue weighted by Crippen LogP contribution is -2.42. The number of guanidine groups is 1. The zero-order chi connectivity index (χ0) is 14.8. The van der Waals surface area contributed by atoms with Gasteiger partial charge in [-0.15, -0.1) is 24.0 Å². The van der Waals surface area contributed by atoms with Crippen LogP contribution in [0.3, 0.4) is 0 Å². The Balaban J connectivity index is 0.00000400. The van der Waals surface area contributed by atoms with Crippen LogP contribution in [0.5, 0.6) is 0 Å². The van der Waals surface area contributed by atoms with Crippen molar-refractivity contribution in [2.45, 2.75) is 58.9 Å². The van der Waals surface area contributed by atoms with E-state index >= 15 is 0 Å². The zero-order valence-electron chi connectivity index (χ0n) is 14.3. The molecule has 1 aliphatic rings. The zero-order valence-corrected chi connectivity index (χ0v) is 16.7. The maximum Gasteiger partial charge on any atom is 0.191 e. The van der Waals surface area contributed by atoms with E-state index in [4.69, 9.17) is 4.99 Å². The summed E-state index contributed by atoms with van der Waals surface area (Å²) in [5, 5.41) is 6.90. The van der Waals surface area contributed by atoms with Gasteiger partial charge in [0.05, 0.1) is 0 Å². The third kappa shape index (κ3) is 9.55. The summed E-state index contributed by atoms with van der Waals surface area (Å²) in [5.41, 5.74) is 0. The molecule has 5 heteroatoms. The highest BCUT2D eigenvalue weighted by molar-refractivity contribution is 14.0. The third-order valence-corrected chi connectivity index (χ3v) is 3.96. The highest BCUT2D eigenvalue weighted by Gasteiger charge is 2.19. The van der Waals surface area contributed by atoms with E-state index in [1.807, 2.05) is 0 Å². The predicted octanol–water partition coefficient (Wildman–Crippen LogP) is 3.08. The number of unbranched alkanes of at least 4 members (excludes halogenated alkanes) is 2. The van der Waals surface area contributed by atoms with Crippen molar-refractivity contribution >= 4 is 29.9 Å². The molecule has 1 heterocycles. The van der Waals surface area contributed by atoms with Gasteiger partial charge in [0.25, 0.3) is 0 Å². The average Bonchev–Trinajstić information content (AvgIpc) is 2.82. The minimum Gasteiger partial charge on any atom is -0.357 e. The second kappa shape index (κ2) is 12.5. The molecule has 2 atom stereocenters. The fourth-order valence-electron chi connectivity index (χ4n) is 2.72. The number of aliphatic imine (C=N–C) groups is 1. The van der Waals surface area contributed by atoms with Gasteiger partial charge in [0.2, 0.25) is 0 Å². The minimum atomic E-state index is 0. The van der Waals surface area contributed by atoms with Crippen molar-refractivity contribution in [2.75, 3.05) is 33.2 Å². The summed E-state index contributed by atoms with van der Waals surface area (Å²) in [4.78, 5) is 7.16. The van der Waals surface area contributed by atoms with Crippen LogP contribution in [0.1, 0.15) is 52.9 Å². The molecule has 1 saturated heterocycles. The minimum absolute atomic E-state index is 0. The van der Waals surface area contributed by atoms with E-state index in [-0.39, 0.29) is 24.0 Å². The molecule has 0 amide bonds. The van der Waals surface area contributed by atoms with Gasteiger partial charge in [-0.05, 0) is 46.2 Å². The predicted molar refractivity (Wildman–Crippen MR) is 104 cm³/mol. The number of nitrogens with zero attached hydrogens (tertiary/aromatic N) is 2. The Hall–Kier alpha value is -0.0400. The molecule has 0 aromatic heterocycles. The molecule has 0 bridgehead atoms. The molecule has 4 nitrogen and oxygen atoms in total. The van der Waals surface area contributed by atoms with Crippen LogP contribution in [0.25, 0.3) is 0 Å². The quantitative estimate of drug-likeness (QED) is 0.280. The van der Waals surface area contributed by atoms with Gasteiger partial charge in [-0.25, -0.2) is 0 Å². The average molecular weight is 410 g/mol. The van der Waals surface area contributed by atoms with Crippen LogP contribution >= 0.6 is 24.0 Å². The molecular formula is C16H35IN4. The molecule has 126 valence electrons. The van der Waals surface area contributed by atoms with E-state index < -0.39 is 0 Å². The summed E-state index contributed by atoms with van der Waals surface area (Å²) < 4.78 is 0. The summed E-state index contributed by atoms with van der Waals surface area (Å²) in [6.07, 6.45) is 6.43. The molecule has 2 N–H and O–H groups in total. The van der Waals surface area contributed by atoms with Gasteiger partial charge in [-0.2, -0.15) is 0 Å². The lowest BCUT2D eigenvalue weighted by Gasteiger charge is -2.18. The van der Waals surface area contributed by atoms with Crippen LogP contribution in [0, 0.1) is 5.92 Å². The Morgan fingerprint density at radius 1 is 1.33 bits per heavy atom. The first-order valence-corrected chi connectivity index (χ1v) is 8.39. The van der Waals surface area contributed by atoms with Crippen molar-refractivity contribution in [3.63, 3.8) is 0 Å². The number of likely N-dealkylation sites (tertiary alicyclic amines) is 1. The Kier molecular flexibility index (Phi) is 12.5. The number of hydrogen-bond acceptors (Lipinski definition) is 2. The number of halogens is 1. The standard InChI is InChI=1S/C16H34N4.HI/c1-5-7-8-9-14(3)19-16(17-6-2)18-12-15-10-11-20(4)13-15;/h14-15H,5-13H2,1-4H3,(H2,17,18,19);1H. The van der Waals surface area contributed by atoms with E-state index in [9.17, 15) is 0 Å². The van der Waals surface area contributed by atoms with Gasteiger partial charge < -0.3 is 15.5 Å². The number of rotatable bonds is 8. The fourth-order valence-corrected chi connectivity index (χ4v) is 2.72. The van der Waals surface area contributed by atoms with Crippen molar-refractivity contribution in [2.24, 2.45) is 10.9 Å². The molecule has 1 rings (SSSR count). The van der Waals surface area contributed by atoms with E-state index in [0.29, 0.717) is 6.04 Å². The maximum absolute atomic E-state index is 4.77. The first kappa shape index (κ1) is 21.0. The molecule has 21 heavy (non-hydrogen) atoms. The highest BCUT2D eigenvalue weighted by Crippen LogP contribution is 2.14. The van der Waals surface area contributed by atoms with Gasteiger partial charge >= 0.3 is 0 Å². The number of hydrogen-bond donors (Lipinski definition) is 2. The highest BCUT2D eigenvalue weighted by atomic mass is 127. The van der Waals surface area contributed by atoms with Crippen LogP contribution in [-0.2, 0) is 0 Å². The van der Waals surface area contributed by atoms with Crippen molar-refractivity contribution < 1.29 is 0 Å². The molecular weight excluding hydrogens is 375 g/mol. The maximum atomic E-state index is 4.77. The summed E-state index contributed by atoms with van der Waals surface area (Å²) in [6, 6.07) is 0.505. The first-order valence-electron chi connectivity index (χ1n) is 8.39. The first-order chi connectivity index (χ1) is 9.65. The summed E-state index contributed by atoms with van der Waals surface area (Å²) >= 11 is 0. The second-order valence-electron chi connectivity index (χ2n) is 6.18. The van der Waals surface area contributed by atoms with Crippen molar-refractivity contribution in [1.82, 2.24) is 15.5 Å². The van der Waals surface area contributed by atoms with E-state index in [1.54, 1.807) is 0 Å². The fraction of sp³-hybridized carbons (Fsp3) is 0.938. The molecule has 1 aliphatic heterocycles. The van der Waals surface area contributed by atoms with Gasteiger partial charge in [0.1, 0.15) is 0 Å². The Bertz CT molecular complexity index is 283. The van der Waals surface area contributed by atoms with Gasteiger partial charge in [-0.1, -0.05) is 26.2 Å². The van der Waals surface area contributed by atoms with Crippen LogP contribution in [0.15, 0.2) is 4.99 Å². The Morgan fingerprint density at radius 2 is 2.10 bits per heavy atom. The smallest absolute Gasteiger partial charge is 0.191 e. The molecule has 0 saturated carbocycles. The van der Waals surface area contributed by atoms with E-state index in [1.165, 1.54) is 45.2 Å². The molecule has 0 aliphatic carbocycles. The molecule has 0 aromatic rings. The second-order valence-corrected chi connectivity index (χ2v) is 6.18. The summed E-state index contributed by atoms with van der Waals surface area (Å²) in [7, 11) is 2.20. The molecule has 1 fully saturated rings.